The second-order valence-electron chi connectivity index (χ2n) is 14.3. The lowest BCUT2D eigenvalue weighted by Gasteiger charge is -2.26. The van der Waals surface area contributed by atoms with E-state index in [1.54, 1.807) is 12.4 Å². The molecule has 0 aliphatic rings. The van der Waals surface area contributed by atoms with Gasteiger partial charge >= 0.3 is 6.80 Å². The molecule has 6 aromatic carbocycles. The van der Waals surface area contributed by atoms with Crippen molar-refractivity contribution in [3.63, 3.8) is 0 Å². The standard InChI is InChI=1S/C51H42N3O3PS/c1-4-34-16-7-28-43(40-25-10-19-37-22-13-31-52-46(37)40)49(34)56-58(55,57-50-35(5-2)17-8-29-44(50)41-26-11-20-38-23-14-32-53-47(38)41)59-51-36(6-3)18-9-30-45(51)42-27-12-21-39-24-15-33-54-48(39)42/h7-33H,4-6H2,1-3H3. The smallest absolute Gasteiger partial charge is 0.407 e. The highest BCUT2D eigenvalue weighted by Crippen LogP contribution is 2.66. The fourth-order valence-corrected chi connectivity index (χ4v) is 11.7. The van der Waals surface area contributed by atoms with Crippen LogP contribution in [0.3, 0.4) is 0 Å². The zero-order chi connectivity index (χ0) is 40.3. The quantitative estimate of drug-likeness (QED) is 0.114. The molecule has 0 unspecified atom stereocenters. The van der Waals surface area contributed by atoms with E-state index in [2.05, 4.69) is 81.4 Å². The van der Waals surface area contributed by atoms with Gasteiger partial charge in [-0.1, -0.05) is 148 Å². The summed E-state index contributed by atoms with van der Waals surface area (Å²) in [4.78, 5) is 15.2. The van der Waals surface area contributed by atoms with Gasteiger partial charge in [-0.3, -0.25) is 15.0 Å². The Bertz CT molecular complexity index is 2720. The van der Waals surface area contributed by atoms with Crippen molar-refractivity contribution in [1.82, 2.24) is 15.0 Å². The minimum atomic E-state index is -4.27. The molecular weight excluding hydrogens is 766 g/mol. The van der Waals surface area contributed by atoms with Gasteiger partial charge in [-0.2, -0.15) is 0 Å². The largest absolute Gasteiger partial charge is 0.497 e. The van der Waals surface area contributed by atoms with Crippen LogP contribution in [-0.2, 0) is 23.8 Å². The van der Waals surface area contributed by atoms with Gasteiger partial charge in [0.05, 0.1) is 16.6 Å². The predicted molar refractivity (Wildman–Crippen MR) is 244 cm³/mol. The van der Waals surface area contributed by atoms with E-state index in [0.29, 0.717) is 30.8 Å². The summed E-state index contributed by atoms with van der Waals surface area (Å²) in [7, 11) is 0. The van der Waals surface area contributed by atoms with Crippen LogP contribution in [0, 0.1) is 0 Å². The molecule has 0 aliphatic carbocycles. The first-order valence-corrected chi connectivity index (χ1v) is 23.0. The molecule has 0 amide bonds. The number of rotatable bonds is 12. The Hall–Kier alpha value is -6.27. The minimum Gasteiger partial charge on any atom is -0.407 e. The van der Waals surface area contributed by atoms with E-state index in [-0.39, 0.29) is 0 Å². The molecule has 0 spiro atoms. The lowest BCUT2D eigenvalue weighted by Crippen LogP contribution is -2.05. The second kappa shape index (κ2) is 16.5. The molecule has 290 valence electrons. The van der Waals surface area contributed by atoms with Crippen molar-refractivity contribution in [3.05, 3.63) is 181 Å². The van der Waals surface area contributed by atoms with E-state index in [0.717, 1.165) is 87.7 Å². The van der Waals surface area contributed by atoms with Crippen LogP contribution in [0.2, 0.25) is 0 Å². The van der Waals surface area contributed by atoms with Gasteiger partial charge in [-0.05, 0) is 59.7 Å². The van der Waals surface area contributed by atoms with Crippen LogP contribution in [-0.4, -0.2) is 15.0 Å². The summed E-state index contributed by atoms with van der Waals surface area (Å²) in [6.07, 6.45) is 7.40. The van der Waals surface area contributed by atoms with Crippen LogP contribution in [0.1, 0.15) is 37.5 Å². The zero-order valence-electron chi connectivity index (χ0n) is 33.1. The lowest BCUT2D eigenvalue weighted by atomic mass is 9.98. The Kier molecular flexibility index (Phi) is 10.7. The van der Waals surface area contributed by atoms with Gasteiger partial charge in [0.25, 0.3) is 0 Å². The van der Waals surface area contributed by atoms with Crippen molar-refractivity contribution in [2.24, 2.45) is 0 Å². The number of benzene rings is 6. The number of fused-ring (bicyclic) bond motifs is 3. The van der Waals surface area contributed by atoms with Crippen molar-refractivity contribution >= 4 is 50.9 Å². The van der Waals surface area contributed by atoms with Crippen LogP contribution in [0.15, 0.2) is 169 Å². The fraction of sp³-hybridized carbons (Fsp3) is 0.118. The van der Waals surface area contributed by atoms with Crippen LogP contribution in [0.25, 0.3) is 66.1 Å². The van der Waals surface area contributed by atoms with Gasteiger partial charge < -0.3 is 9.05 Å². The number of aromatic nitrogens is 3. The number of aryl methyl sites for hydroxylation is 3. The first-order valence-electron chi connectivity index (χ1n) is 20.1. The molecule has 9 rings (SSSR count). The summed E-state index contributed by atoms with van der Waals surface area (Å²) < 4.78 is 30.9. The van der Waals surface area contributed by atoms with E-state index in [1.807, 2.05) is 91.1 Å². The van der Waals surface area contributed by atoms with Crippen molar-refractivity contribution in [3.8, 4) is 44.9 Å². The molecule has 0 N–H and O–H groups in total. The maximum Gasteiger partial charge on any atom is 0.497 e. The van der Waals surface area contributed by atoms with Crippen LogP contribution in [0.5, 0.6) is 11.5 Å². The highest BCUT2D eigenvalue weighted by atomic mass is 32.7. The normalized spacial score (nSPS) is 11.6. The third-order valence-corrected chi connectivity index (χ3v) is 14.2. The number of hydrogen-bond acceptors (Lipinski definition) is 7. The third kappa shape index (κ3) is 7.37. The molecule has 3 aromatic heterocycles. The third-order valence-electron chi connectivity index (χ3n) is 10.8. The topological polar surface area (TPSA) is 74.2 Å². The van der Waals surface area contributed by atoms with Crippen LogP contribution < -0.4 is 9.05 Å². The average Bonchev–Trinajstić information content (AvgIpc) is 3.28. The van der Waals surface area contributed by atoms with Crippen LogP contribution >= 0.6 is 18.2 Å². The summed E-state index contributed by atoms with van der Waals surface area (Å²) in [5, 5.41) is 3.03. The summed E-state index contributed by atoms with van der Waals surface area (Å²) >= 11 is 1.17. The molecule has 9 aromatic rings. The van der Waals surface area contributed by atoms with Gasteiger partial charge in [-0.25, -0.2) is 4.57 Å². The molecule has 0 saturated carbocycles. The van der Waals surface area contributed by atoms with E-state index < -0.39 is 6.80 Å². The molecule has 3 heterocycles. The van der Waals surface area contributed by atoms with E-state index in [9.17, 15) is 0 Å². The van der Waals surface area contributed by atoms with E-state index in [4.69, 9.17) is 24.0 Å². The first kappa shape index (κ1) is 38.3. The van der Waals surface area contributed by atoms with Crippen molar-refractivity contribution in [2.75, 3.05) is 0 Å². The Labute approximate surface area is 348 Å². The maximum absolute atomic E-state index is 16.5. The summed E-state index contributed by atoms with van der Waals surface area (Å²) in [5.41, 5.74) is 10.6. The highest BCUT2D eigenvalue weighted by molar-refractivity contribution is 8.55. The fourth-order valence-electron chi connectivity index (χ4n) is 7.91. The molecule has 6 nitrogen and oxygen atoms in total. The number of para-hydroxylation sites is 5. The molecule has 0 bridgehead atoms. The van der Waals surface area contributed by atoms with E-state index >= 15 is 4.57 Å². The number of hydrogen-bond donors (Lipinski definition) is 0. The molecule has 0 radical (unpaired) electrons. The second-order valence-corrected chi connectivity index (χ2v) is 18.0. The predicted octanol–water partition coefficient (Wildman–Crippen LogP) is 14.4. The monoisotopic (exact) mass is 807 g/mol. The van der Waals surface area contributed by atoms with Crippen LogP contribution in [0.4, 0.5) is 0 Å². The Morgan fingerprint density at radius 1 is 0.424 bits per heavy atom. The zero-order valence-corrected chi connectivity index (χ0v) is 34.8. The van der Waals surface area contributed by atoms with Crippen molar-refractivity contribution in [2.45, 2.75) is 44.9 Å². The van der Waals surface area contributed by atoms with Crippen molar-refractivity contribution in [1.29, 1.82) is 0 Å². The number of pyridine rings is 3. The summed E-state index contributed by atoms with van der Waals surface area (Å²) in [6.45, 7) is 2.02. The molecule has 8 heteroatoms. The molecule has 0 fully saturated rings. The van der Waals surface area contributed by atoms with E-state index in [1.165, 1.54) is 11.4 Å². The summed E-state index contributed by atoms with van der Waals surface area (Å²) in [5.74, 6) is 1.02. The SMILES string of the molecule is CCc1cccc(-c2cccc3cccnc23)c1OP(=O)(Oc1c(CC)cccc1-c1cccc2cccnc12)Sc1c(CC)cccc1-c1cccc2cccnc12. The van der Waals surface area contributed by atoms with Gasteiger partial charge in [0, 0.05) is 78.8 Å². The van der Waals surface area contributed by atoms with Gasteiger partial charge in [0.15, 0.2) is 0 Å². The number of nitrogens with zero attached hydrogens (tertiary/aromatic N) is 3. The summed E-state index contributed by atoms with van der Waals surface area (Å²) in [6, 6.07) is 48.8. The lowest BCUT2D eigenvalue weighted by molar-refractivity contribution is 0.406. The minimum absolute atomic E-state index is 0.508. The Morgan fingerprint density at radius 3 is 1.19 bits per heavy atom. The van der Waals surface area contributed by atoms with Crippen molar-refractivity contribution < 1.29 is 13.6 Å². The Morgan fingerprint density at radius 2 is 0.763 bits per heavy atom. The van der Waals surface area contributed by atoms with Gasteiger partial charge in [-0.15, -0.1) is 0 Å². The molecular formula is C51H42N3O3PS. The molecule has 59 heavy (non-hydrogen) atoms. The molecule has 0 aliphatic heterocycles. The van der Waals surface area contributed by atoms with Gasteiger partial charge in [0.1, 0.15) is 11.5 Å². The maximum atomic E-state index is 16.5. The van der Waals surface area contributed by atoms with Gasteiger partial charge in [0.2, 0.25) is 0 Å². The molecule has 0 saturated heterocycles. The molecule has 0 atom stereocenters. The first-order chi connectivity index (χ1) is 29.0. The average molecular weight is 808 g/mol. The Balaban J connectivity index is 1.28. The highest BCUT2D eigenvalue weighted by Gasteiger charge is 2.37.